The predicted molar refractivity (Wildman–Crippen MR) is 88.6 cm³/mol. The van der Waals surface area contributed by atoms with Crippen LogP contribution in [0.2, 0.25) is 0 Å². The number of carbonyl (C=O) groups excluding carboxylic acids is 1. The molecule has 2 fully saturated rings. The molecule has 1 aromatic rings. The lowest BCUT2D eigenvalue weighted by atomic mass is 9.96. The van der Waals surface area contributed by atoms with E-state index in [0.717, 1.165) is 25.1 Å². The maximum Gasteiger partial charge on any atom is 0.328 e. The van der Waals surface area contributed by atoms with Crippen molar-refractivity contribution in [2.24, 2.45) is 0 Å². The minimum absolute atomic E-state index is 0.132. The summed E-state index contributed by atoms with van der Waals surface area (Å²) in [4.78, 5) is 28.0. The van der Waals surface area contributed by atoms with Crippen molar-refractivity contribution < 1.29 is 28.2 Å². The zero-order chi connectivity index (χ0) is 18.9. The summed E-state index contributed by atoms with van der Waals surface area (Å²) in [6, 6.07) is 1.34. The van der Waals surface area contributed by atoms with Crippen LogP contribution >= 0.6 is 0 Å². The first-order valence-corrected chi connectivity index (χ1v) is 8.75. The lowest BCUT2D eigenvalue weighted by Gasteiger charge is -2.44. The van der Waals surface area contributed by atoms with Crippen LogP contribution in [0, 0.1) is 11.6 Å². The number of carboxylic acids is 1. The molecule has 1 aromatic carbocycles. The quantitative estimate of drug-likeness (QED) is 0.881. The number of rotatable bonds is 4. The number of aliphatic carboxylic acids is 1. The van der Waals surface area contributed by atoms with E-state index in [1.807, 2.05) is 0 Å². The van der Waals surface area contributed by atoms with E-state index in [4.69, 9.17) is 4.74 Å². The summed E-state index contributed by atoms with van der Waals surface area (Å²) in [5.74, 6) is -3.68. The lowest BCUT2D eigenvalue weighted by Crippen LogP contribution is -2.58. The van der Waals surface area contributed by atoms with Crippen LogP contribution in [-0.4, -0.2) is 64.8 Å². The van der Waals surface area contributed by atoms with Crippen LogP contribution in [0.5, 0.6) is 0 Å². The Morgan fingerprint density at radius 2 is 1.85 bits per heavy atom. The van der Waals surface area contributed by atoms with Gasteiger partial charge >= 0.3 is 5.97 Å². The summed E-state index contributed by atoms with van der Waals surface area (Å²) in [6.07, 6.45) is 1.91. The fourth-order valence-electron chi connectivity index (χ4n) is 3.81. The summed E-state index contributed by atoms with van der Waals surface area (Å²) in [5, 5.41) is 9.51. The Labute approximate surface area is 150 Å². The zero-order valence-corrected chi connectivity index (χ0v) is 14.6. The van der Waals surface area contributed by atoms with Crippen molar-refractivity contribution >= 4 is 11.9 Å². The standard InChI is InChI=1S/C18H22F2N2O4/c1-2-5-21-6-3-18(4-7-21)22(15(11-26-18)17(24)25)16(23)12-8-13(19)10-14(20)9-12/h8-10,15H,2-7,11H2,1H3,(H,24,25)/t15-/m1/s1. The second-order valence-corrected chi connectivity index (χ2v) is 6.79. The third kappa shape index (κ3) is 3.43. The second-order valence-electron chi connectivity index (χ2n) is 6.79. The molecule has 0 saturated carbocycles. The SMILES string of the molecule is CCCN1CCC2(CC1)OC[C@H](C(=O)O)N2C(=O)c1cc(F)cc(F)c1. The van der Waals surface area contributed by atoms with E-state index in [1.54, 1.807) is 0 Å². The van der Waals surface area contributed by atoms with E-state index in [-0.39, 0.29) is 12.2 Å². The van der Waals surface area contributed by atoms with Crippen molar-refractivity contribution in [3.05, 3.63) is 35.4 Å². The van der Waals surface area contributed by atoms with Crippen LogP contribution in [0.1, 0.15) is 36.5 Å². The minimum Gasteiger partial charge on any atom is -0.480 e. The average Bonchev–Trinajstić information content (AvgIpc) is 2.95. The Morgan fingerprint density at radius 1 is 1.23 bits per heavy atom. The molecule has 3 rings (SSSR count). The molecular formula is C18H22F2N2O4. The van der Waals surface area contributed by atoms with Gasteiger partial charge in [-0.05, 0) is 25.1 Å². The van der Waals surface area contributed by atoms with Crippen LogP contribution in [0.15, 0.2) is 18.2 Å². The topological polar surface area (TPSA) is 70.1 Å². The predicted octanol–water partition coefficient (Wildman–Crippen LogP) is 2.09. The van der Waals surface area contributed by atoms with Gasteiger partial charge in [0.25, 0.3) is 5.91 Å². The molecule has 2 aliphatic rings. The van der Waals surface area contributed by atoms with Gasteiger partial charge in [0, 0.05) is 37.6 Å². The first kappa shape index (κ1) is 18.7. The number of ether oxygens (including phenoxy) is 1. The van der Waals surface area contributed by atoms with E-state index < -0.39 is 35.3 Å². The molecule has 0 aliphatic carbocycles. The lowest BCUT2D eigenvalue weighted by molar-refractivity contribution is -0.143. The fourth-order valence-corrected chi connectivity index (χ4v) is 3.81. The highest BCUT2D eigenvalue weighted by atomic mass is 19.1. The van der Waals surface area contributed by atoms with Crippen LogP contribution in [0.25, 0.3) is 0 Å². The molecule has 0 bridgehead atoms. The van der Waals surface area contributed by atoms with E-state index >= 15 is 0 Å². The van der Waals surface area contributed by atoms with Crippen molar-refractivity contribution in [2.45, 2.75) is 38.0 Å². The number of carbonyl (C=O) groups is 2. The van der Waals surface area contributed by atoms with Gasteiger partial charge in [0.15, 0.2) is 6.04 Å². The molecule has 0 radical (unpaired) electrons. The number of amides is 1. The van der Waals surface area contributed by atoms with Gasteiger partial charge in [0.1, 0.15) is 17.4 Å². The van der Waals surface area contributed by atoms with E-state index in [2.05, 4.69) is 11.8 Å². The number of halogens is 2. The van der Waals surface area contributed by atoms with E-state index in [0.29, 0.717) is 32.0 Å². The average molecular weight is 368 g/mol. The second kappa shape index (κ2) is 7.28. The zero-order valence-electron chi connectivity index (χ0n) is 14.6. The number of benzene rings is 1. The van der Waals surface area contributed by atoms with Crippen molar-refractivity contribution in [1.29, 1.82) is 0 Å². The summed E-state index contributed by atoms with van der Waals surface area (Å²) >= 11 is 0. The van der Waals surface area contributed by atoms with Crippen LogP contribution in [0.3, 0.4) is 0 Å². The van der Waals surface area contributed by atoms with Gasteiger partial charge in [-0.3, -0.25) is 9.69 Å². The van der Waals surface area contributed by atoms with E-state index in [1.165, 1.54) is 4.90 Å². The highest BCUT2D eigenvalue weighted by molar-refractivity contribution is 5.97. The molecule has 26 heavy (non-hydrogen) atoms. The van der Waals surface area contributed by atoms with Gasteiger partial charge in [0.2, 0.25) is 0 Å². The van der Waals surface area contributed by atoms with Gasteiger partial charge in [-0.25, -0.2) is 13.6 Å². The summed E-state index contributed by atoms with van der Waals surface area (Å²) in [6.45, 7) is 4.20. The Balaban J connectivity index is 1.91. The summed E-state index contributed by atoms with van der Waals surface area (Å²) in [7, 11) is 0. The van der Waals surface area contributed by atoms with Crippen molar-refractivity contribution in [3.8, 4) is 0 Å². The fraction of sp³-hybridized carbons (Fsp3) is 0.556. The van der Waals surface area contributed by atoms with E-state index in [9.17, 15) is 23.5 Å². The Hall–Kier alpha value is -2.06. The minimum atomic E-state index is -1.19. The molecule has 2 heterocycles. The molecule has 0 aromatic heterocycles. The Bertz CT molecular complexity index is 684. The maximum absolute atomic E-state index is 13.5. The molecule has 2 saturated heterocycles. The molecule has 8 heteroatoms. The number of carboxylic acid groups (broad SMARTS) is 1. The maximum atomic E-state index is 13.5. The molecule has 1 spiro atoms. The van der Waals surface area contributed by atoms with Crippen LogP contribution in [0.4, 0.5) is 8.78 Å². The Kier molecular flexibility index (Phi) is 5.24. The van der Waals surface area contributed by atoms with Crippen LogP contribution < -0.4 is 0 Å². The first-order valence-electron chi connectivity index (χ1n) is 8.75. The van der Waals surface area contributed by atoms with Gasteiger partial charge < -0.3 is 14.7 Å². The largest absolute Gasteiger partial charge is 0.480 e. The molecule has 2 aliphatic heterocycles. The number of piperidine rings is 1. The Morgan fingerprint density at radius 3 is 2.38 bits per heavy atom. The molecule has 6 nitrogen and oxygen atoms in total. The summed E-state index contributed by atoms with van der Waals surface area (Å²) < 4.78 is 32.9. The smallest absolute Gasteiger partial charge is 0.328 e. The van der Waals surface area contributed by atoms with Crippen LogP contribution in [-0.2, 0) is 9.53 Å². The monoisotopic (exact) mass is 368 g/mol. The third-order valence-corrected chi connectivity index (χ3v) is 5.05. The molecule has 0 unspecified atom stereocenters. The highest BCUT2D eigenvalue weighted by Crippen LogP contribution is 2.38. The molecular weight excluding hydrogens is 346 g/mol. The number of hydrogen-bond donors (Lipinski definition) is 1. The highest BCUT2D eigenvalue weighted by Gasteiger charge is 2.54. The number of likely N-dealkylation sites (tertiary alicyclic amines) is 1. The number of hydrogen-bond acceptors (Lipinski definition) is 4. The molecule has 1 amide bonds. The van der Waals surface area contributed by atoms with Crippen molar-refractivity contribution in [3.63, 3.8) is 0 Å². The van der Waals surface area contributed by atoms with Crippen molar-refractivity contribution in [2.75, 3.05) is 26.2 Å². The van der Waals surface area contributed by atoms with Crippen molar-refractivity contribution in [1.82, 2.24) is 9.80 Å². The first-order chi connectivity index (χ1) is 12.4. The number of nitrogens with zero attached hydrogens (tertiary/aromatic N) is 2. The summed E-state index contributed by atoms with van der Waals surface area (Å²) in [5.41, 5.74) is -1.26. The molecule has 1 atom stereocenters. The van der Waals surface area contributed by atoms with Gasteiger partial charge in [-0.15, -0.1) is 0 Å². The van der Waals surface area contributed by atoms with Gasteiger partial charge in [0.05, 0.1) is 6.61 Å². The molecule has 142 valence electrons. The molecule has 1 N–H and O–H groups in total. The normalized spacial score (nSPS) is 22.7. The van der Waals surface area contributed by atoms with Gasteiger partial charge in [-0.2, -0.15) is 0 Å². The van der Waals surface area contributed by atoms with Gasteiger partial charge in [-0.1, -0.05) is 6.92 Å². The third-order valence-electron chi connectivity index (χ3n) is 5.05.